The molecule has 3 aromatic rings. The summed E-state index contributed by atoms with van der Waals surface area (Å²) in [6.45, 7) is 4.95. The molecule has 1 aliphatic rings. The number of aromatic nitrogens is 1. The number of ether oxygens (including phenoxy) is 1. The van der Waals surface area contributed by atoms with E-state index in [4.69, 9.17) is 17.0 Å². The summed E-state index contributed by atoms with van der Waals surface area (Å²) in [5.74, 6) is -0.263. The number of nitrogens with zero attached hydrogens (tertiary/aromatic N) is 3. The first kappa shape index (κ1) is 21.0. The topological polar surface area (TPSA) is 44.5 Å². The van der Waals surface area contributed by atoms with Gasteiger partial charge < -0.3 is 14.2 Å². The molecule has 1 fully saturated rings. The van der Waals surface area contributed by atoms with Crippen LogP contribution in [0.2, 0.25) is 5.02 Å². The highest BCUT2D eigenvalue weighted by Crippen LogP contribution is 2.28. The smallest absolute Gasteiger partial charge is 0.406 e. The first-order valence-electron chi connectivity index (χ1n) is 9.45. The van der Waals surface area contributed by atoms with E-state index in [0.29, 0.717) is 16.0 Å². The number of nitrogens with one attached hydrogen (secondary N) is 1. The number of rotatable bonds is 5. The molecule has 0 bridgehead atoms. The molecule has 1 aromatic heterocycles. The van der Waals surface area contributed by atoms with Crippen LogP contribution < -0.4 is 14.4 Å². The van der Waals surface area contributed by atoms with Crippen molar-refractivity contribution in [2.24, 2.45) is 0 Å². The van der Waals surface area contributed by atoms with Gasteiger partial charge in [-0.15, -0.1) is 13.2 Å². The van der Waals surface area contributed by atoms with Crippen molar-refractivity contribution < 1.29 is 17.9 Å². The number of thiazole rings is 1. The molecule has 1 aliphatic heterocycles. The molecule has 5 nitrogen and oxygen atoms in total. The first-order chi connectivity index (χ1) is 14.3. The highest BCUT2D eigenvalue weighted by Gasteiger charge is 2.31. The number of fused-ring (bicyclic) bond motifs is 1. The fourth-order valence-corrected chi connectivity index (χ4v) is 4.78. The van der Waals surface area contributed by atoms with E-state index in [2.05, 4.69) is 20.6 Å². The molecule has 0 radical (unpaired) electrons. The number of benzene rings is 2. The van der Waals surface area contributed by atoms with E-state index in [9.17, 15) is 13.2 Å². The van der Waals surface area contributed by atoms with Crippen molar-refractivity contribution in [3.8, 4) is 5.75 Å². The lowest BCUT2D eigenvalue weighted by molar-refractivity contribution is -0.274. The molecule has 160 valence electrons. The monoisotopic (exact) mass is 456 g/mol. The number of anilines is 1. The molecule has 4 rings (SSSR count). The van der Waals surface area contributed by atoms with E-state index in [1.807, 2.05) is 22.8 Å². The van der Waals surface area contributed by atoms with Crippen LogP contribution in [0, 0.1) is 5.41 Å². The van der Waals surface area contributed by atoms with Crippen LogP contribution in [0.4, 0.5) is 18.9 Å². The average Bonchev–Trinajstić information content (AvgIpc) is 3.00. The standard InChI is InChI=1S/C20H20ClF3N4OS/c21-14-2-1-3-15(12-14)27-9-6-26(7-10-27)8-11-28-17-5-4-16(29-20(22,23)24)13-18(17)30-19(28)25/h1-5,12-13,25H,6-11H2. The van der Waals surface area contributed by atoms with E-state index in [1.54, 1.807) is 6.07 Å². The maximum absolute atomic E-state index is 12.4. The summed E-state index contributed by atoms with van der Waals surface area (Å²) in [5, 5.41) is 8.93. The molecule has 0 atom stereocenters. The predicted octanol–water partition coefficient (Wildman–Crippen LogP) is 4.56. The molecule has 0 spiro atoms. The van der Waals surface area contributed by atoms with Gasteiger partial charge in [-0.2, -0.15) is 0 Å². The average molecular weight is 457 g/mol. The molecular formula is C20H20ClF3N4OS. The lowest BCUT2D eigenvalue weighted by atomic mass is 10.2. The number of hydrogen-bond acceptors (Lipinski definition) is 5. The maximum Gasteiger partial charge on any atom is 0.573 e. The Morgan fingerprint density at radius 3 is 2.50 bits per heavy atom. The third kappa shape index (κ3) is 4.91. The molecule has 30 heavy (non-hydrogen) atoms. The van der Waals surface area contributed by atoms with Crippen LogP contribution in [0.15, 0.2) is 42.5 Å². The zero-order valence-electron chi connectivity index (χ0n) is 16.0. The van der Waals surface area contributed by atoms with Crippen LogP contribution in [0.3, 0.4) is 0 Å². The van der Waals surface area contributed by atoms with Crippen LogP contribution in [-0.2, 0) is 6.54 Å². The van der Waals surface area contributed by atoms with E-state index in [0.717, 1.165) is 60.3 Å². The van der Waals surface area contributed by atoms with E-state index < -0.39 is 6.36 Å². The number of alkyl halides is 3. The van der Waals surface area contributed by atoms with Crippen molar-refractivity contribution in [3.05, 3.63) is 52.3 Å². The normalized spacial score (nSPS) is 15.7. The van der Waals surface area contributed by atoms with Crippen molar-refractivity contribution in [1.82, 2.24) is 9.47 Å². The molecule has 0 unspecified atom stereocenters. The van der Waals surface area contributed by atoms with Gasteiger partial charge in [0.1, 0.15) is 5.75 Å². The van der Waals surface area contributed by atoms with Crippen molar-refractivity contribution in [3.63, 3.8) is 0 Å². The number of hydrogen-bond donors (Lipinski definition) is 1. The van der Waals surface area contributed by atoms with Crippen molar-refractivity contribution >= 4 is 38.8 Å². The Hall–Kier alpha value is -2.23. The van der Waals surface area contributed by atoms with Crippen molar-refractivity contribution in [2.75, 3.05) is 37.6 Å². The van der Waals surface area contributed by atoms with Crippen LogP contribution in [0.1, 0.15) is 0 Å². The van der Waals surface area contributed by atoms with E-state index >= 15 is 0 Å². The summed E-state index contributed by atoms with van der Waals surface area (Å²) in [6, 6.07) is 12.0. The van der Waals surface area contributed by atoms with Crippen LogP contribution in [0.25, 0.3) is 10.2 Å². The molecular weight excluding hydrogens is 437 g/mol. The fraction of sp³-hybridized carbons (Fsp3) is 0.350. The zero-order valence-corrected chi connectivity index (χ0v) is 17.5. The van der Waals surface area contributed by atoms with Crippen molar-refractivity contribution in [1.29, 1.82) is 5.41 Å². The van der Waals surface area contributed by atoms with Gasteiger partial charge in [-0.3, -0.25) is 10.3 Å². The minimum atomic E-state index is -4.72. The van der Waals surface area contributed by atoms with Crippen molar-refractivity contribution in [2.45, 2.75) is 12.9 Å². The van der Waals surface area contributed by atoms with Gasteiger partial charge in [0.25, 0.3) is 0 Å². The van der Waals surface area contributed by atoms with Gasteiger partial charge >= 0.3 is 6.36 Å². The molecule has 1 saturated heterocycles. The van der Waals surface area contributed by atoms with E-state index in [1.165, 1.54) is 12.1 Å². The van der Waals surface area contributed by atoms with Gasteiger partial charge in [0, 0.05) is 50.0 Å². The zero-order chi connectivity index (χ0) is 21.3. The summed E-state index contributed by atoms with van der Waals surface area (Å²) in [6.07, 6.45) is -4.72. The second-order valence-corrected chi connectivity index (χ2v) is 8.51. The molecule has 10 heteroatoms. The lowest BCUT2D eigenvalue weighted by Gasteiger charge is -2.36. The Bertz CT molecular complexity index is 1090. The highest BCUT2D eigenvalue weighted by molar-refractivity contribution is 7.16. The molecule has 2 aromatic carbocycles. The van der Waals surface area contributed by atoms with Gasteiger partial charge in [-0.25, -0.2) is 0 Å². The predicted molar refractivity (Wildman–Crippen MR) is 112 cm³/mol. The van der Waals surface area contributed by atoms with Crippen LogP contribution >= 0.6 is 22.9 Å². The van der Waals surface area contributed by atoms with Gasteiger partial charge in [0.15, 0.2) is 4.80 Å². The van der Waals surface area contributed by atoms with E-state index in [-0.39, 0.29) is 5.75 Å². The van der Waals surface area contributed by atoms with Gasteiger partial charge in [-0.1, -0.05) is 29.0 Å². The Morgan fingerprint density at radius 2 is 1.80 bits per heavy atom. The molecule has 0 amide bonds. The Labute approximate surface area is 180 Å². The minimum Gasteiger partial charge on any atom is -0.406 e. The molecule has 0 aliphatic carbocycles. The third-order valence-electron chi connectivity index (χ3n) is 5.09. The minimum absolute atomic E-state index is 0.263. The SMILES string of the molecule is N=c1sc2cc(OC(F)(F)F)ccc2n1CCN1CCN(c2cccc(Cl)c2)CC1. The highest BCUT2D eigenvalue weighted by atomic mass is 35.5. The Kier molecular flexibility index (Phi) is 5.95. The summed E-state index contributed by atoms with van der Waals surface area (Å²) in [5.41, 5.74) is 1.86. The number of halogens is 4. The fourth-order valence-electron chi connectivity index (χ4n) is 3.63. The first-order valence-corrected chi connectivity index (χ1v) is 10.6. The third-order valence-corrected chi connectivity index (χ3v) is 6.29. The second-order valence-electron chi connectivity index (χ2n) is 7.04. The van der Waals surface area contributed by atoms with Crippen LogP contribution in [-0.4, -0.2) is 48.6 Å². The maximum atomic E-state index is 12.4. The molecule has 2 heterocycles. The quantitative estimate of drug-likeness (QED) is 0.612. The molecule has 1 N–H and O–H groups in total. The Morgan fingerprint density at radius 1 is 1.03 bits per heavy atom. The number of piperazine rings is 1. The summed E-state index contributed by atoms with van der Waals surface area (Å²) < 4.78 is 43.7. The van der Waals surface area contributed by atoms with Gasteiger partial charge in [0.2, 0.25) is 0 Å². The van der Waals surface area contributed by atoms with Crippen LogP contribution in [0.5, 0.6) is 5.75 Å². The largest absolute Gasteiger partial charge is 0.573 e. The second kappa shape index (κ2) is 8.49. The molecule has 0 saturated carbocycles. The lowest BCUT2D eigenvalue weighted by Crippen LogP contribution is -2.47. The summed E-state index contributed by atoms with van der Waals surface area (Å²) in [7, 11) is 0. The summed E-state index contributed by atoms with van der Waals surface area (Å²) >= 11 is 7.23. The Balaban J connectivity index is 1.38. The van der Waals surface area contributed by atoms with Gasteiger partial charge in [-0.05, 0) is 36.4 Å². The summed E-state index contributed by atoms with van der Waals surface area (Å²) in [4.78, 5) is 4.94. The van der Waals surface area contributed by atoms with Gasteiger partial charge in [0.05, 0.1) is 10.2 Å².